The summed E-state index contributed by atoms with van der Waals surface area (Å²) in [4.78, 5) is 11.2. The largest absolute Gasteiger partial charge is 0.497 e. The molecule has 0 atom stereocenters. The van der Waals surface area contributed by atoms with Gasteiger partial charge in [0.15, 0.2) is 0 Å². The van der Waals surface area contributed by atoms with Crippen LogP contribution >= 0.6 is 0 Å². The summed E-state index contributed by atoms with van der Waals surface area (Å²) in [6, 6.07) is 4.13. The Kier molecular flexibility index (Phi) is 5.98. The monoisotopic (exact) mass is 316 g/mol. The van der Waals surface area contributed by atoms with Crippen molar-refractivity contribution < 1.29 is 23.1 Å². The lowest BCUT2D eigenvalue weighted by molar-refractivity contribution is 0.0697. The minimum Gasteiger partial charge on any atom is -0.497 e. The molecular weight excluding hydrogens is 296 g/mol. The summed E-state index contributed by atoms with van der Waals surface area (Å²) in [6.07, 6.45) is 1.59. The molecule has 0 spiro atoms. The molecule has 0 aromatic heterocycles. The predicted octanol–water partition coefficient (Wildman–Crippen LogP) is 1.78. The number of carboxylic acids is 1. The lowest BCUT2D eigenvalue weighted by atomic mass is 10.2. The zero-order valence-corrected chi connectivity index (χ0v) is 13.1. The fraction of sp³-hybridized carbons (Fsp3) is 0.462. The highest BCUT2D eigenvalue weighted by molar-refractivity contribution is 7.90. The molecule has 0 aliphatic carbocycles. The van der Waals surface area contributed by atoms with Crippen LogP contribution in [0.25, 0.3) is 0 Å². The highest BCUT2D eigenvalue weighted by Gasteiger charge is 2.20. The zero-order chi connectivity index (χ0) is 16.0. The molecule has 0 unspecified atom stereocenters. The number of rotatable bonds is 8. The number of carbonyl (C=O) groups is 1. The third-order valence-electron chi connectivity index (χ3n) is 2.93. The van der Waals surface area contributed by atoms with Crippen molar-refractivity contribution in [3.63, 3.8) is 0 Å². The fourth-order valence-corrected chi connectivity index (χ4v) is 2.62. The van der Waals surface area contributed by atoms with Crippen molar-refractivity contribution in [2.45, 2.75) is 19.8 Å². The first-order valence-electron chi connectivity index (χ1n) is 6.47. The Morgan fingerprint density at radius 3 is 2.62 bits per heavy atom. The summed E-state index contributed by atoms with van der Waals surface area (Å²) in [5.74, 6) is -0.891. The van der Waals surface area contributed by atoms with Crippen LogP contribution in [0.1, 0.15) is 30.1 Å². The van der Waals surface area contributed by atoms with Gasteiger partial charge in [0, 0.05) is 13.6 Å². The number of unbranched alkanes of at least 4 members (excludes halogenated alkanes) is 1. The van der Waals surface area contributed by atoms with E-state index in [1.54, 1.807) is 0 Å². The van der Waals surface area contributed by atoms with E-state index < -0.39 is 16.2 Å². The number of nitrogens with zero attached hydrogens (tertiary/aromatic N) is 1. The molecule has 1 aromatic carbocycles. The van der Waals surface area contributed by atoms with Crippen molar-refractivity contribution in [1.82, 2.24) is 4.31 Å². The average Bonchev–Trinajstić information content (AvgIpc) is 2.44. The molecule has 0 amide bonds. The molecule has 0 fully saturated rings. The van der Waals surface area contributed by atoms with Gasteiger partial charge in [0.05, 0.1) is 18.4 Å². The van der Waals surface area contributed by atoms with E-state index in [0.29, 0.717) is 12.3 Å². The number of carboxylic acid groups (broad SMARTS) is 1. The van der Waals surface area contributed by atoms with Crippen LogP contribution in [0.4, 0.5) is 5.69 Å². The van der Waals surface area contributed by atoms with E-state index in [1.165, 1.54) is 32.4 Å². The van der Waals surface area contributed by atoms with Crippen molar-refractivity contribution >= 4 is 21.9 Å². The second-order valence-electron chi connectivity index (χ2n) is 4.50. The quantitative estimate of drug-likeness (QED) is 0.762. The predicted molar refractivity (Wildman–Crippen MR) is 80.0 cm³/mol. The zero-order valence-electron chi connectivity index (χ0n) is 12.3. The number of nitrogens with one attached hydrogen (secondary N) is 1. The van der Waals surface area contributed by atoms with Gasteiger partial charge in [-0.1, -0.05) is 13.3 Å². The van der Waals surface area contributed by atoms with E-state index in [4.69, 9.17) is 9.84 Å². The van der Waals surface area contributed by atoms with Gasteiger partial charge >= 0.3 is 16.2 Å². The highest BCUT2D eigenvalue weighted by Crippen LogP contribution is 2.23. The van der Waals surface area contributed by atoms with Crippen LogP contribution in [0.2, 0.25) is 0 Å². The minimum absolute atomic E-state index is 0.00616. The van der Waals surface area contributed by atoms with Gasteiger partial charge in [-0.3, -0.25) is 4.72 Å². The third-order valence-corrected chi connectivity index (χ3v) is 4.41. The smallest absolute Gasteiger partial charge is 0.337 e. The highest BCUT2D eigenvalue weighted by atomic mass is 32.2. The molecule has 0 aliphatic rings. The number of ether oxygens (including phenoxy) is 1. The van der Waals surface area contributed by atoms with Gasteiger partial charge in [0.25, 0.3) is 0 Å². The van der Waals surface area contributed by atoms with E-state index in [9.17, 15) is 13.2 Å². The fourth-order valence-electron chi connectivity index (χ4n) is 1.63. The maximum Gasteiger partial charge on any atom is 0.337 e. The molecular formula is C13H20N2O5S. The number of benzene rings is 1. The minimum atomic E-state index is -3.78. The molecule has 0 saturated carbocycles. The van der Waals surface area contributed by atoms with Gasteiger partial charge in [-0.05, 0) is 24.6 Å². The van der Waals surface area contributed by atoms with Crippen molar-refractivity contribution in [1.29, 1.82) is 0 Å². The molecule has 8 heteroatoms. The standard InChI is InChI=1S/C13H20N2O5S/c1-4-5-8-15(2)21(18,19)14-12-7-6-10(20-3)9-11(12)13(16)17/h6-7,9,14H,4-5,8H2,1-3H3,(H,16,17). The van der Waals surface area contributed by atoms with Crippen LogP contribution in [-0.4, -0.2) is 44.5 Å². The Bertz CT molecular complexity index is 601. The van der Waals surface area contributed by atoms with E-state index in [2.05, 4.69) is 4.72 Å². The number of hydrogen-bond acceptors (Lipinski definition) is 4. The van der Waals surface area contributed by atoms with Crippen LogP contribution in [0.15, 0.2) is 18.2 Å². The molecule has 2 N–H and O–H groups in total. The van der Waals surface area contributed by atoms with Crippen LogP contribution in [0, 0.1) is 0 Å². The molecule has 1 aromatic rings. The first-order chi connectivity index (χ1) is 9.81. The lowest BCUT2D eigenvalue weighted by Crippen LogP contribution is -2.33. The molecule has 0 bridgehead atoms. The second kappa shape index (κ2) is 7.28. The van der Waals surface area contributed by atoms with Crippen LogP contribution < -0.4 is 9.46 Å². The topological polar surface area (TPSA) is 95.9 Å². The number of anilines is 1. The van der Waals surface area contributed by atoms with Crippen LogP contribution in [0.3, 0.4) is 0 Å². The van der Waals surface area contributed by atoms with Crippen molar-refractivity contribution in [3.05, 3.63) is 23.8 Å². The molecule has 1 rings (SSSR count). The van der Waals surface area contributed by atoms with Gasteiger partial charge in [-0.15, -0.1) is 0 Å². The Balaban J connectivity index is 3.04. The molecule has 118 valence electrons. The number of aromatic carboxylic acids is 1. The molecule has 7 nitrogen and oxygen atoms in total. The SMILES string of the molecule is CCCCN(C)S(=O)(=O)Nc1ccc(OC)cc1C(=O)O. The van der Waals surface area contributed by atoms with Gasteiger partial charge < -0.3 is 9.84 Å². The Labute approximate surface area is 124 Å². The molecule has 0 radical (unpaired) electrons. The van der Waals surface area contributed by atoms with Crippen LogP contribution in [0.5, 0.6) is 5.75 Å². The van der Waals surface area contributed by atoms with Crippen molar-refractivity contribution in [2.24, 2.45) is 0 Å². The van der Waals surface area contributed by atoms with E-state index in [1.807, 2.05) is 6.92 Å². The molecule has 0 saturated heterocycles. The van der Waals surface area contributed by atoms with Gasteiger partial charge in [0.1, 0.15) is 5.75 Å². The lowest BCUT2D eigenvalue weighted by Gasteiger charge is -2.19. The summed E-state index contributed by atoms with van der Waals surface area (Å²) >= 11 is 0. The molecule has 21 heavy (non-hydrogen) atoms. The van der Waals surface area contributed by atoms with Crippen LogP contribution in [-0.2, 0) is 10.2 Å². The van der Waals surface area contributed by atoms with E-state index in [-0.39, 0.29) is 11.3 Å². The number of hydrogen-bond donors (Lipinski definition) is 2. The average molecular weight is 316 g/mol. The summed E-state index contributed by atoms with van der Waals surface area (Å²) in [5.41, 5.74) is -0.159. The Morgan fingerprint density at radius 1 is 1.43 bits per heavy atom. The Morgan fingerprint density at radius 2 is 2.10 bits per heavy atom. The molecule has 0 heterocycles. The normalized spacial score (nSPS) is 11.4. The molecule has 0 aliphatic heterocycles. The first-order valence-corrected chi connectivity index (χ1v) is 7.91. The summed E-state index contributed by atoms with van der Waals surface area (Å²) in [6.45, 7) is 2.32. The maximum absolute atomic E-state index is 12.1. The van der Waals surface area contributed by atoms with Gasteiger partial charge in [0.2, 0.25) is 0 Å². The Hall–Kier alpha value is -1.80. The van der Waals surface area contributed by atoms with Crippen molar-refractivity contribution in [3.8, 4) is 5.75 Å². The first kappa shape index (κ1) is 17.3. The van der Waals surface area contributed by atoms with Gasteiger partial charge in [-0.2, -0.15) is 12.7 Å². The van der Waals surface area contributed by atoms with E-state index in [0.717, 1.165) is 17.1 Å². The number of methoxy groups -OCH3 is 1. The third kappa shape index (κ3) is 4.61. The summed E-state index contributed by atoms with van der Waals surface area (Å²) < 4.78 is 32.6. The maximum atomic E-state index is 12.1. The van der Waals surface area contributed by atoms with Crippen molar-refractivity contribution in [2.75, 3.05) is 25.4 Å². The van der Waals surface area contributed by atoms with Gasteiger partial charge in [-0.25, -0.2) is 4.79 Å². The second-order valence-corrected chi connectivity index (χ2v) is 6.28. The summed E-state index contributed by atoms with van der Waals surface area (Å²) in [5, 5.41) is 9.16. The van der Waals surface area contributed by atoms with E-state index >= 15 is 0 Å². The summed E-state index contributed by atoms with van der Waals surface area (Å²) in [7, 11) is -0.930.